The number of β-amino-alcohol motifs (C(OH)–C–C–N with tert-alkyl or cyclic N) is 1. The van der Waals surface area contributed by atoms with Crippen LogP contribution in [0.3, 0.4) is 0 Å². The van der Waals surface area contributed by atoms with E-state index in [0.29, 0.717) is 31.7 Å². The Morgan fingerprint density at radius 1 is 0.964 bits per heavy atom. The SMILES string of the molecule is CC(C)(C)NCC(O)COc1cccc2c1C[C@H](O)[C@H](O)C2.COCc1c(C(C)C)nc(C(C)C)c(/C=C/[C@@H](O)C[C@@H](O)CC(=O)O)c1-c1ccc(F)cc1. The number of aliphatic carboxylic acids is 1. The van der Waals surface area contributed by atoms with Crippen LogP contribution in [0.5, 0.6) is 5.75 Å². The summed E-state index contributed by atoms with van der Waals surface area (Å²) in [5.74, 6) is -0.598. The minimum atomic E-state index is -1.16. The van der Waals surface area contributed by atoms with E-state index < -0.39 is 42.9 Å². The number of aliphatic hydroxyl groups is 5. The van der Waals surface area contributed by atoms with Crippen LogP contribution in [-0.2, 0) is 29.0 Å². The molecule has 3 aromatic rings. The van der Waals surface area contributed by atoms with E-state index in [1.807, 2.05) is 52.8 Å². The smallest absolute Gasteiger partial charge is 0.305 e. The molecule has 1 heterocycles. The average molecular weight is 769 g/mol. The van der Waals surface area contributed by atoms with Crippen molar-refractivity contribution in [3.63, 3.8) is 0 Å². The lowest BCUT2D eigenvalue weighted by atomic mass is 9.87. The molecule has 7 N–H and O–H groups in total. The van der Waals surface area contributed by atoms with E-state index in [4.69, 9.17) is 19.6 Å². The van der Waals surface area contributed by atoms with Gasteiger partial charge >= 0.3 is 5.97 Å². The number of carbonyl (C=O) groups is 1. The lowest BCUT2D eigenvalue weighted by Gasteiger charge is -2.28. The quantitative estimate of drug-likeness (QED) is 0.0976. The molecule has 1 unspecified atom stereocenters. The van der Waals surface area contributed by atoms with Crippen molar-refractivity contribution < 1.29 is 49.3 Å². The average Bonchev–Trinajstić information content (AvgIpc) is 3.09. The van der Waals surface area contributed by atoms with E-state index in [2.05, 4.69) is 19.2 Å². The third kappa shape index (κ3) is 14.0. The molecule has 0 spiro atoms. The summed E-state index contributed by atoms with van der Waals surface area (Å²) in [7, 11) is 1.61. The van der Waals surface area contributed by atoms with Crippen LogP contribution < -0.4 is 10.1 Å². The normalized spacial score (nSPS) is 17.5. The molecule has 0 amide bonds. The molecule has 4 rings (SSSR count). The van der Waals surface area contributed by atoms with Crippen LogP contribution in [0.25, 0.3) is 17.2 Å². The van der Waals surface area contributed by atoms with Crippen molar-refractivity contribution in [3.05, 3.63) is 88.0 Å². The highest BCUT2D eigenvalue weighted by Gasteiger charge is 2.28. The topological polar surface area (TPSA) is 182 Å². The molecule has 0 aliphatic heterocycles. The molecule has 0 saturated heterocycles. The Kier molecular flexibility index (Phi) is 17.4. The van der Waals surface area contributed by atoms with Crippen molar-refractivity contribution >= 4 is 12.0 Å². The number of pyridine rings is 1. The second-order valence-corrected chi connectivity index (χ2v) is 15.8. The van der Waals surface area contributed by atoms with Crippen molar-refractivity contribution in [1.82, 2.24) is 10.3 Å². The van der Waals surface area contributed by atoms with Crippen LogP contribution in [0.1, 0.15) is 107 Å². The van der Waals surface area contributed by atoms with Gasteiger partial charge in [-0.05, 0) is 67.5 Å². The fraction of sp³-hybridized carbons (Fsp3) is 0.535. The van der Waals surface area contributed by atoms with Gasteiger partial charge in [0.1, 0.15) is 24.3 Å². The first-order chi connectivity index (χ1) is 25.8. The summed E-state index contributed by atoms with van der Waals surface area (Å²) < 4.78 is 24.9. The molecule has 0 fully saturated rings. The molecule has 0 bridgehead atoms. The van der Waals surface area contributed by atoms with Crippen molar-refractivity contribution in [1.29, 1.82) is 0 Å². The van der Waals surface area contributed by atoms with Gasteiger partial charge in [-0.3, -0.25) is 9.78 Å². The summed E-state index contributed by atoms with van der Waals surface area (Å²) in [5.41, 5.74) is 6.93. The van der Waals surface area contributed by atoms with Gasteiger partial charge in [0.15, 0.2) is 0 Å². The maximum atomic E-state index is 13.7. The molecule has 12 heteroatoms. The number of methoxy groups -OCH3 is 1. The number of nitrogens with zero attached hydrogens (tertiary/aromatic N) is 1. The summed E-state index contributed by atoms with van der Waals surface area (Å²) in [6.45, 7) is 15.3. The van der Waals surface area contributed by atoms with Crippen molar-refractivity contribution in [2.75, 3.05) is 20.3 Å². The Morgan fingerprint density at radius 2 is 1.60 bits per heavy atom. The van der Waals surface area contributed by atoms with Crippen LogP contribution in [0.15, 0.2) is 48.5 Å². The van der Waals surface area contributed by atoms with Gasteiger partial charge in [0.05, 0.1) is 43.1 Å². The van der Waals surface area contributed by atoms with Gasteiger partial charge in [-0.1, -0.05) is 64.1 Å². The Morgan fingerprint density at radius 3 is 2.18 bits per heavy atom. The predicted octanol–water partition coefficient (Wildman–Crippen LogP) is 5.52. The van der Waals surface area contributed by atoms with Gasteiger partial charge < -0.3 is 45.4 Å². The maximum Gasteiger partial charge on any atom is 0.305 e. The predicted molar refractivity (Wildman–Crippen MR) is 212 cm³/mol. The Labute approximate surface area is 324 Å². The molecular weight excluding hydrogens is 707 g/mol. The minimum absolute atomic E-state index is 0.0485. The number of aromatic nitrogens is 1. The molecule has 55 heavy (non-hydrogen) atoms. The zero-order valence-electron chi connectivity index (χ0n) is 33.4. The van der Waals surface area contributed by atoms with Crippen LogP contribution in [0.4, 0.5) is 4.39 Å². The Balaban J connectivity index is 0.000000320. The molecule has 304 valence electrons. The molecular formula is C43H61FN2O9. The van der Waals surface area contributed by atoms with Crippen LogP contribution in [0.2, 0.25) is 0 Å². The second kappa shape index (κ2) is 21.0. The van der Waals surface area contributed by atoms with E-state index in [9.17, 15) is 34.7 Å². The first-order valence-corrected chi connectivity index (χ1v) is 18.9. The molecule has 1 aromatic heterocycles. The molecule has 0 radical (unpaired) electrons. The lowest BCUT2D eigenvalue weighted by molar-refractivity contribution is -0.139. The molecule has 0 saturated carbocycles. The summed E-state index contributed by atoms with van der Waals surface area (Å²) in [5, 5.41) is 61.9. The number of rotatable bonds is 16. The Bertz CT molecular complexity index is 1710. The molecule has 1 aliphatic carbocycles. The van der Waals surface area contributed by atoms with Gasteiger partial charge in [0.2, 0.25) is 0 Å². The molecule has 11 nitrogen and oxygen atoms in total. The standard InChI is InChI=1S/C26H34FNO5.C17H27NO4/c1-15(2)25-21(11-10-19(29)12-20(30)13-23(31)32)24(17-6-8-18(27)9-7-17)22(14-33-5)26(28-25)16(3)4;1-17(2,3)18-9-12(19)10-22-16-6-4-5-11-7-14(20)15(21)8-13(11)16/h6-11,15-16,19-20,29-30H,12-14H2,1-5H3,(H,31,32);4-6,12,14-15,18-21H,7-10H2,1-3H3/b11-10+;/t19-,20-;12?,14-,15+/m11/s1. The molecule has 2 aromatic carbocycles. The highest BCUT2D eigenvalue weighted by Crippen LogP contribution is 2.38. The fourth-order valence-corrected chi connectivity index (χ4v) is 6.39. The number of aliphatic hydroxyl groups excluding tert-OH is 5. The number of ether oxygens (including phenoxy) is 2. The number of carboxylic acid groups (broad SMARTS) is 1. The van der Waals surface area contributed by atoms with Gasteiger partial charge in [-0.2, -0.15) is 0 Å². The maximum absolute atomic E-state index is 13.7. The van der Waals surface area contributed by atoms with E-state index in [0.717, 1.165) is 44.8 Å². The number of nitrogens with one attached hydrogen (secondary N) is 1. The third-order valence-corrected chi connectivity index (χ3v) is 9.14. The molecule has 1 aliphatic rings. The van der Waals surface area contributed by atoms with Gasteiger partial charge in [-0.15, -0.1) is 0 Å². The zero-order chi connectivity index (χ0) is 41.0. The van der Waals surface area contributed by atoms with E-state index in [-0.39, 0.29) is 36.2 Å². The largest absolute Gasteiger partial charge is 0.491 e. The van der Waals surface area contributed by atoms with Crippen molar-refractivity contribution in [2.24, 2.45) is 0 Å². The summed E-state index contributed by atoms with van der Waals surface area (Å²) in [6.07, 6.45) is -0.729. The number of fused-ring (bicyclic) bond motifs is 1. The van der Waals surface area contributed by atoms with E-state index in [1.165, 1.54) is 18.2 Å². The Hall–Kier alpha value is -3.75. The van der Waals surface area contributed by atoms with Crippen molar-refractivity contribution in [2.45, 2.75) is 129 Å². The summed E-state index contributed by atoms with van der Waals surface area (Å²) in [6, 6.07) is 11.9. The van der Waals surface area contributed by atoms with Crippen LogP contribution in [0, 0.1) is 5.82 Å². The summed E-state index contributed by atoms with van der Waals surface area (Å²) in [4.78, 5) is 15.8. The fourth-order valence-electron chi connectivity index (χ4n) is 6.39. The highest BCUT2D eigenvalue weighted by atomic mass is 19.1. The van der Waals surface area contributed by atoms with Crippen molar-refractivity contribution in [3.8, 4) is 16.9 Å². The van der Waals surface area contributed by atoms with E-state index in [1.54, 1.807) is 25.3 Å². The van der Waals surface area contributed by atoms with E-state index >= 15 is 0 Å². The van der Waals surface area contributed by atoms with Crippen LogP contribution in [-0.4, -0.2) is 97.9 Å². The lowest BCUT2D eigenvalue weighted by Crippen LogP contribution is -2.42. The first kappa shape index (κ1) is 45.6. The highest BCUT2D eigenvalue weighted by molar-refractivity contribution is 5.80. The summed E-state index contributed by atoms with van der Waals surface area (Å²) >= 11 is 0. The van der Waals surface area contributed by atoms with Gasteiger partial charge in [0.25, 0.3) is 0 Å². The van der Waals surface area contributed by atoms with Gasteiger partial charge in [-0.25, -0.2) is 4.39 Å². The number of hydrogen-bond acceptors (Lipinski definition) is 10. The monoisotopic (exact) mass is 768 g/mol. The number of halogens is 1. The number of hydrogen-bond donors (Lipinski definition) is 7. The third-order valence-electron chi connectivity index (χ3n) is 9.14. The zero-order valence-corrected chi connectivity index (χ0v) is 33.4. The van der Waals surface area contributed by atoms with Crippen LogP contribution >= 0.6 is 0 Å². The van der Waals surface area contributed by atoms with Gasteiger partial charge in [0, 0.05) is 60.8 Å². The minimum Gasteiger partial charge on any atom is -0.491 e. The molecule has 5 atom stereocenters. The number of carboxylic acids is 1. The second-order valence-electron chi connectivity index (χ2n) is 15.8. The first-order valence-electron chi connectivity index (χ1n) is 18.9. The number of benzene rings is 2.